The number of aryl methyl sites for hydroxylation is 1. The summed E-state index contributed by atoms with van der Waals surface area (Å²) >= 11 is 0. The molecule has 186 valence electrons. The zero-order chi connectivity index (χ0) is 26.1. The second-order valence-electron chi connectivity index (χ2n) is 8.99. The summed E-state index contributed by atoms with van der Waals surface area (Å²) in [5.74, 6) is -1.12. The van der Waals surface area contributed by atoms with Gasteiger partial charge in [0.2, 0.25) is 0 Å². The number of carbonyl (C=O) groups excluding carboxylic acids is 2. The molecule has 0 saturated carbocycles. The predicted molar refractivity (Wildman–Crippen MR) is 136 cm³/mol. The number of rotatable bonds is 6. The molecule has 1 fully saturated rings. The van der Waals surface area contributed by atoms with Crippen LogP contribution < -0.4 is 14.4 Å². The number of carbonyl (C=O) groups is 2. The number of hydrogen-bond donors (Lipinski definition) is 1. The maximum atomic E-state index is 13.8. The van der Waals surface area contributed by atoms with Gasteiger partial charge in [-0.15, -0.1) is 0 Å². The average molecular weight is 490 g/mol. The van der Waals surface area contributed by atoms with Gasteiger partial charge in [-0.2, -0.15) is 0 Å². The number of nitrogens with zero attached hydrogens (tertiary/aromatic N) is 1. The molecule has 1 amide bonds. The number of Topliss-reactive ketones (excluding diaryl/α,β-unsaturated/α-hetero) is 1. The van der Waals surface area contributed by atoms with E-state index in [0.717, 1.165) is 5.56 Å². The Morgan fingerprint density at radius 3 is 2.31 bits per heavy atom. The number of halogens is 1. The molecular formula is C29H28FNO5. The van der Waals surface area contributed by atoms with Crippen LogP contribution in [0.15, 0.2) is 66.2 Å². The fraction of sp³-hybridized carbons (Fsp3) is 0.241. The van der Waals surface area contributed by atoms with Crippen molar-refractivity contribution in [3.63, 3.8) is 0 Å². The van der Waals surface area contributed by atoms with Crippen LogP contribution in [0.25, 0.3) is 5.76 Å². The number of anilines is 1. The van der Waals surface area contributed by atoms with Crippen LogP contribution in [0.1, 0.15) is 48.1 Å². The minimum Gasteiger partial charge on any atom is -0.507 e. The van der Waals surface area contributed by atoms with E-state index in [1.807, 2.05) is 13.8 Å². The second kappa shape index (κ2) is 9.85. The SMILES string of the molecule is COc1cccc(N2C(=O)C(=O)/C(=C(/O)c3cc(C(C)C)c(OC)cc3C)C2c2ccc(F)cc2)c1. The lowest BCUT2D eigenvalue weighted by atomic mass is 9.91. The van der Waals surface area contributed by atoms with Crippen LogP contribution in [0, 0.1) is 12.7 Å². The van der Waals surface area contributed by atoms with Crippen LogP contribution in [-0.2, 0) is 9.59 Å². The van der Waals surface area contributed by atoms with E-state index in [9.17, 15) is 19.1 Å². The number of hydrogen-bond acceptors (Lipinski definition) is 5. The summed E-state index contributed by atoms with van der Waals surface area (Å²) in [4.78, 5) is 28.1. The summed E-state index contributed by atoms with van der Waals surface area (Å²) in [5, 5.41) is 11.6. The molecule has 1 aliphatic rings. The highest BCUT2D eigenvalue weighted by Gasteiger charge is 2.47. The minimum absolute atomic E-state index is 0.0719. The van der Waals surface area contributed by atoms with E-state index in [-0.39, 0.29) is 17.3 Å². The number of methoxy groups -OCH3 is 2. The summed E-state index contributed by atoms with van der Waals surface area (Å²) < 4.78 is 24.6. The van der Waals surface area contributed by atoms with E-state index in [4.69, 9.17) is 9.47 Å². The Morgan fingerprint density at radius 1 is 1.00 bits per heavy atom. The Kier molecular flexibility index (Phi) is 6.84. The van der Waals surface area contributed by atoms with Crippen LogP contribution in [-0.4, -0.2) is 31.0 Å². The van der Waals surface area contributed by atoms with E-state index >= 15 is 0 Å². The number of ketones is 1. The molecule has 3 aromatic rings. The lowest BCUT2D eigenvalue weighted by molar-refractivity contribution is -0.132. The number of benzene rings is 3. The number of aliphatic hydroxyl groups excluding tert-OH is 1. The first-order valence-corrected chi connectivity index (χ1v) is 11.6. The van der Waals surface area contributed by atoms with Crippen LogP contribution in [0.2, 0.25) is 0 Å². The molecule has 1 saturated heterocycles. The molecule has 0 aromatic heterocycles. The van der Waals surface area contributed by atoms with E-state index in [1.54, 1.807) is 50.4 Å². The Labute approximate surface area is 209 Å². The summed E-state index contributed by atoms with van der Waals surface area (Å²) in [6.45, 7) is 5.79. The molecule has 6 nitrogen and oxygen atoms in total. The van der Waals surface area contributed by atoms with Crippen molar-refractivity contribution in [2.45, 2.75) is 32.7 Å². The van der Waals surface area contributed by atoms with Gasteiger partial charge in [-0.1, -0.05) is 32.0 Å². The van der Waals surface area contributed by atoms with Crippen LogP contribution in [0.5, 0.6) is 11.5 Å². The zero-order valence-electron chi connectivity index (χ0n) is 20.8. The lowest BCUT2D eigenvalue weighted by Crippen LogP contribution is -2.29. The van der Waals surface area contributed by atoms with Crippen molar-refractivity contribution in [2.24, 2.45) is 0 Å². The molecule has 0 bridgehead atoms. The van der Waals surface area contributed by atoms with E-state index < -0.39 is 23.5 Å². The quantitative estimate of drug-likeness (QED) is 0.265. The van der Waals surface area contributed by atoms with Gasteiger partial charge < -0.3 is 14.6 Å². The smallest absolute Gasteiger partial charge is 0.300 e. The first kappa shape index (κ1) is 25.0. The molecule has 0 aliphatic carbocycles. The van der Waals surface area contributed by atoms with Gasteiger partial charge in [0, 0.05) is 17.3 Å². The highest BCUT2D eigenvalue weighted by atomic mass is 19.1. The van der Waals surface area contributed by atoms with Crippen molar-refractivity contribution in [3.8, 4) is 11.5 Å². The molecule has 36 heavy (non-hydrogen) atoms. The maximum absolute atomic E-state index is 13.8. The van der Waals surface area contributed by atoms with Gasteiger partial charge in [0.05, 0.1) is 25.8 Å². The standard InChI is InChI=1S/C29H28FNO5/c1-16(2)22-15-23(17(3)13-24(22)36-5)27(32)25-26(18-9-11-19(30)12-10-18)31(29(34)28(25)33)20-7-6-8-21(14-20)35-4/h6-16,26,32H,1-5H3/b27-25+. The Bertz CT molecular complexity index is 1360. The molecular weight excluding hydrogens is 461 g/mol. The topological polar surface area (TPSA) is 76.1 Å². The first-order valence-electron chi connectivity index (χ1n) is 11.6. The Morgan fingerprint density at radius 2 is 1.69 bits per heavy atom. The summed E-state index contributed by atoms with van der Waals surface area (Å²) in [6, 6.07) is 14.9. The van der Waals surface area contributed by atoms with E-state index in [0.29, 0.717) is 33.9 Å². The summed E-state index contributed by atoms with van der Waals surface area (Å²) in [6.07, 6.45) is 0. The lowest BCUT2D eigenvalue weighted by Gasteiger charge is -2.26. The normalized spacial score (nSPS) is 17.1. The molecule has 3 aromatic carbocycles. The van der Waals surface area contributed by atoms with Crippen LogP contribution in [0.4, 0.5) is 10.1 Å². The summed E-state index contributed by atoms with van der Waals surface area (Å²) in [5.41, 5.74) is 2.78. The fourth-order valence-electron chi connectivity index (χ4n) is 4.55. The molecule has 7 heteroatoms. The van der Waals surface area contributed by atoms with Gasteiger partial charge in [-0.3, -0.25) is 14.5 Å². The molecule has 1 unspecified atom stereocenters. The summed E-state index contributed by atoms with van der Waals surface area (Å²) in [7, 11) is 3.08. The fourth-order valence-corrected chi connectivity index (χ4v) is 4.55. The van der Waals surface area contributed by atoms with E-state index in [1.165, 1.54) is 36.3 Å². The number of amides is 1. The average Bonchev–Trinajstić information content (AvgIpc) is 3.13. The third-order valence-corrected chi connectivity index (χ3v) is 6.42. The second-order valence-corrected chi connectivity index (χ2v) is 8.99. The van der Waals surface area contributed by atoms with Crippen molar-refractivity contribution in [3.05, 3.63) is 94.3 Å². The molecule has 0 spiro atoms. The van der Waals surface area contributed by atoms with Gasteiger partial charge in [-0.05, 0) is 65.9 Å². The van der Waals surface area contributed by atoms with Gasteiger partial charge in [0.15, 0.2) is 0 Å². The number of ether oxygens (including phenoxy) is 2. The molecule has 4 rings (SSSR count). The molecule has 0 radical (unpaired) electrons. The third-order valence-electron chi connectivity index (χ3n) is 6.42. The van der Waals surface area contributed by atoms with Gasteiger partial charge in [0.1, 0.15) is 23.1 Å². The van der Waals surface area contributed by atoms with Crippen LogP contribution in [0.3, 0.4) is 0 Å². The predicted octanol–water partition coefficient (Wildman–Crippen LogP) is 5.90. The van der Waals surface area contributed by atoms with Crippen molar-refractivity contribution < 1.29 is 28.6 Å². The van der Waals surface area contributed by atoms with Crippen molar-refractivity contribution in [1.82, 2.24) is 0 Å². The van der Waals surface area contributed by atoms with Crippen molar-refractivity contribution >= 4 is 23.1 Å². The van der Waals surface area contributed by atoms with E-state index in [2.05, 4.69) is 0 Å². The highest BCUT2D eigenvalue weighted by Crippen LogP contribution is 2.44. The van der Waals surface area contributed by atoms with Crippen LogP contribution >= 0.6 is 0 Å². The monoisotopic (exact) mass is 489 g/mol. The van der Waals surface area contributed by atoms with Crippen molar-refractivity contribution in [2.75, 3.05) is 19.1 Å². The highest BCUT2D eigenvalue weighted by molar-refractivity contribution is 6.51. The number of aliphatic hydroxyl groups is 1. The zero-order valence-corrected chi connectivity index (χ0v) is 20.8. The Balaban J connectivity index is 1.98. The molecule has 1 N–H and O–H groups in total. The largest absolute Gasteiger partial charge is 0.507 e. The maximum Gasteiger partial charge on any atom is 0.300 e. The Hall–Kier alpha value is -4.13. The molecule has 1 heterocycles. The van der Waals surface area contributed by atoms with Gasteiger partial charge in [0.25, 0.3) is 11.7 Å². The van der Waals surface area contributed by atoms with Gasteiger partial charge >= 0.3 is 0 Å². The first-order chi connectivity index (χ1) is 17.2. The van der Waals surface area contributed by atoms with Gasteiger partial charge in [-0.25, -0.2) is 4.39 Å². The minimum atomic E-state index is -0.971. The molecule has 1 aliphatic heterocycles. The molecule has 1 atom stereocenters. The third kappa shape index (κ3) is 4.33. The van der Waals surface area contributed by atoms with Crippen molar-refractivity contribution in [1.29, 1.82) is 0 Å².